The van der Waals surface area contributed by atoms with Crippen LogP contribution in [0.15, 0.2) is 65.6 Å². The summed E-state index contributed by atoms with van der Waals surface area (Å²) in [4.78, 5) is 39.3. The van der Waals surface area contributed by atoms with Gasteiger partial charge in [0, 0.05) is 38.4 Å². The van der Waals surface area contributed by atoms with Crippen molar-refractivity contribution in [3.63, 3.8) is 0 Å². The minimum atomic E-state index is -0.618. The molecule has 42 heavy (non-hydrogen) atoms. The van der Waals surface area contributed by atoms with Gasteiger partial charge in [-0.3, -0.25) is 9.59 Å². The molecule has 0 spiro atoms. The number of hydrogen-bond acceptors (Lipinski definition) is 7. The van der Waals surface area contributed by atoms with Crippen molar-refractivity contribution < 1.29 is 13.9 Å². The highest BCUT2D eigenvalue weighted by Gasteiger charge is 2.30. The minimum absolute atomic E-state index is 0.129. The van der Waals surface area contributed by atoms with Crippen LogP contribution in [-0.2, 0) is 22.8 Å². The Morgan fingerprint density at radius 3 is 2.50 bits per heavy atom. The number of nitrogens with zero attached hydrogens (tertiary/aromatic N) is 6. The summed E-state index contributed by atoms with van der Waals surface area (Å²) in [6.07, 6.45) is 4.72. The van der Waals surface area contributed by atoms with Crippen LogP contribution in [0.25, 0.3) is 11.0 Å². The van der Waals surface area contributed by atoms with Gasteiger partial charge in [-0.25, -0.2) is 18.9 Å². The predicted molar refractivity (Wildman–Crippen MR) is 162 cm³/mol. The molecule has 4 aromatic rings. The number of aromatic nitrogens is 4. The van der Waals surface area contributed by atoms with Gasteiger partial charge >= 0.3 is 5.97 Å². The van der Waals surface area contributed by atoms with Crippen LogP contribution in [0.2, 0.25) is 0 Å². The summed E-state index contributed by atoms with van der Waals surface area (Å²) in [6.45, 7) is 7.69. The number of fused-ring (bicyclic) bond motifs is 1. The SMILES string of the molecule is CCCC(C)(C)C(=O)OCn1c(N(C)C2CCN(c3nc4ccccc4n3Cc3ccc(F)cc3)CC2)nccc1=O. The van der Waals surface area contributed by atoms with Gasteiger partial charge < -0.3 is 19.1 Å². The van der Waals surface area contributed by atoms with Gasteiger partial charge in [-0.15, -0.1) is 0 Å². The molecular formula is C32H39FN6O3. The summed E-state index contributed by atoms with van der Waals surface area (Å²) in [5.74, 6) is 0.784. The van der Waals surface area contributed by atoms with E-state index in [0.717, 1.165) is 54.9 Å². The van der Waals surface area contributed by atoms with E-state index in [9.17, 15) is 14.0 Å². The van der Waals surface area contributed by atoms with E-state index >= 15 is 0 Å². The Labute approximate surface area is 245 Å². The molecule has 0 N–H and O–H groups in total. The van der Waals surface area contributed by atoms with E-state index in [0.29, 0.717) is 18.9 Å². The number of halogens is 1. The molecule has 3 heterocycles. The molecule has 0 saturated carbocycles. The molecule has 0 aliphatic carbocycles. The van der Waals surface area contributed by atoms with Crippen molar-refractivity contribution >= 4 is 28.9 Å². The average molecular weight is 575 g/mol. The molecule has 0 radical (unpaired) electrons. The van der Waals surface area contributed by atoms with Crippen molar-refractivity contribution in [1.82, 2.24) is 19.1 Å². The Balaban J connectivity index is 1.31. The maximum atomic E-state index is 13.5. The first-order valence-corrected chi connectivity index (χ1v) is 14.6. The monoisotopic (exact) mass is 574 g/mol. The van der Waals surface area contributed by atoms with Crippen LogP contribution < -0.4 is 15.4 Å². The summed E-state index contributed by atoms with van der Waals surface area (Å²) in [6, 6.07) is 16.2. The van der Waals surface area contributed by atoms with Crippen molar-refractivity contribution in [3.8, 4) is 0 Å². The molecule has 1 aliphatic heterocycles. The van der Waals surface area contributed by atoms with E-state index in [1.165, 1.54) is 29.0 Å². The summed E-state index contributed by atoms with van der Waals surface area (Å²) >= 11 is 0. The molecule has 1 fully saturated rings. The zero-order valence-electron chi connectivity index (χ0n) is 24.8. The summed E-state index contributed by atoms with van der Waals surface area (Å²) in [5, 5.41) is 0. The molecule has 0 amide bonds. The summed E-state index contributed by atoms with van der Waals surface area (Å²) < 4.78 is 22.7. The minimum Gasteiger partial charge on any atom is -0.443 e. The molecule has 222 valence electrons. The largest absolute Gasteiger partial charge is 0.443 e. The van der Waals surface area contributed by atoms with E-state index in [1.807, 2.05) is 63.1 Å². The second kappa shape index (κ2) is 12.3. The van der Waals surface area contributed by atoms with Crippen LogP contribution in [0.5, 0.6) is 0 Å². The number of benzene rings is 2. The standard InChI is InChI=1S/C32H39FN6O3/c1-5-17-32(2,3)29(41)42-22-39-28(40)14-18-34-30(39)36(4)25-15-19-37(20-16-25)31-35-26-8-6-7-9-27(26)38(31)21-23-10-12-24(33)13-11-23/h6-14,18,25H,5,15-17,19-22H2,1-4H3. The summed E-state index contributed by atoms with van der Waals surface area (Å²) in [7, 11) is 1.94. The van der Waals surface area contributed by atoms with Gasteiger partial charge in [0.1, 0.15) is 5.82 Å². The maximum Gasteiger partial charge on any atom is 0.313 e. The van der Waals surface area contributed by atoms with Crippen LogP contribution in [0.3, 0.4) is 0 Å². The number of para-hydroxylation sites is 2. The third kappa shape index (κ3) is 6.17. The Bertz CT molecular complexity index is 1590. The highest BCUT2D eigenvalue weighted by molar-refractivity contribution is 5.79. The number of carbonyl (C=O) groups is 1. The lowest BCUT2D eigenvalue weighted by atomic mass is 9.88. The first kappa shape index (κ1) is 29.3. The van der Waals surface area contributed by atoms with Crippen molar-refractivity contribution in [3.05, 3.63) is 82.5 Å². The van der Waals surface area contributed by atoms with Gasteiger partial charge in [-0.1, -0.05) is 37.6 Å². The molecule has 0 bridgehead atoms. The first-order chi connectivity index (χ1) is 20.2. The van der Waals surface area contributed by atoms with Gasteiger partial charge in [0.15, 0.2) is 6.73 Å². The van der Waals surface area contributed by atoms with Gasteiger partial charge in [-0.05, 0) is 62.9 Å². The molecule has 9 nitrogen and oxygen atoms in total. The second-order valence-corrected chi connectivity index (χ2v) is 11.6. The number of imidazole rings is 1. The van der Waals surface area contributed by atoms with Crippen LogP contribution in [0, 0.1) is 11.2 Å². The van der Waals surface area contributed by atoms with Gasteiger partial charge in [0.2, 0.25) is 11.9 Å². The second-order valence-electron chi connectivity index (χ2n) is 11.6. The molecule has 5 rings (SSSR count). The topological polar surface area (TPSA) is 85.5 Å². The highest BCUT2D eigenvalue weighted by atomic mass is 19.1. The number of anilines is 2. The number of piperidine rings is 1. The first-order valence-electron chi connectivity index (χ1n) is 14.6. The van der Waals surface area contributed by atoms with Crippen molar-refractivity contribution in [1.29, 1.82) is 0 Å². The van der Waals surface area contributed by atoms with Crippen LogP contribution in [0.4, 0.5) is 16.3 Å². The van der Waals surface area contributed by atoms with Crippen LogP contribution in [-0.4, -0.2) is 51.3 Å². The Morgan fingerprint density at radius 1 is 1.07 bits per heavy atom. The van der Waals surface area contributed by atoms with E-state index in [1.54, 1.807) is 0 Å². The Kier molecular flexibility index (Phi) is 8.61. The molecule has 2 aromatic heterocycles. The fraction of sp³-hybridized carbons (Fsp3) is 0.438. The van der Waals surface area contributed by atoms with E-state index in [2.05, 4.69) is 20.5 Å². The predicted octanol–water partition coefficient (Wildman–Crippen LogP) is 5.21. The van der Waals surface area contributed by atoms with E-state index in [4.69, 9.17) is 9.72 Å². The van der Waals surface area contributed by atoms with Crippen molar-refractivity contribution in [2.75, 3.05) is 29.9 Å². The molecule has 0 atom stereocenters. The number of carbonyl (C=O) groups excluding carboxylic acids is 1. The van der Waals surface area contributed by atoms with E-state index < -0.39 is 5.41 Å². The normalized spacial score (nSPS) is 14.4. The Hall–Kier alpha value is -4.21. The zero-order valence-corrected chi connectivity index (χ0v) is 24.8. The fourth-order valence-electron chi connectivity index (χ4n) is 5.72. The van der Waals surface area contributed by atoms with Crippen LogP contribution >= 0.6 is 0 Å². The van der Waals surface area contributed by atoms with Crippen LogP contribution in [0.1, 0.15) is 52.0 Å². The zero-order chi connectivity index (χ0) is 29.9. The highest BCUT2D eigenvalue weighted by Crippen LogP contribution is 2.29. The van der Waals surface area contributed by atoms with Gasteiger partial charge in [0.25, 0.3) is 5.56 Å². The lowest BCUT2D eigenvalue weighted by molar-refractivity contribution is -0.158. The lowest BCUT2D eigenvalue weighted by Crippen LogP contribution is -2.46. The molecule has 1 aliphatic rings. The maximum absolute atomic E-state index is 13.5. The molecule has 1 saturated heterocycles. The number of ether oxygens (including phenoxy) is 1. The smallest absolute Gasteiger partial charge is 0.313 e. The molecule has 0 unspecified atom stereocenters. The quantitative estimate of drug-likeness (QED) is 0.240. The summed E-state index contributed by atoms with van der Waals surface area (Å²) in [5.41, 5.74) is 2.07. The fourth-order valence-corrected chi connectivity index (χ4v) is 5.72. The number of rotatable bonds is 10. The Morgan fingerprint density at radius 2 is 1.79 bits per heavy atom. The number of hydrogen-bond donors (Lipinski definition) is 0. The average Bonchev–Trinajstić information content (AvgIpc) is 3.35. The third-order valence-corrected chi connectivity index (χ3v) is 8.17. The molecular weight excluding hydrogens is 535 g/mol. The molecule has 2 aromatic carbocycles. The third-order valence-electron chi connectivity index (χ3n) is 8.17. The van der Waals surface area contributed by atoms with Crippen molar-refractivity contribution in [2.45, 2.75) is 65.8 Å². The number of esters is 1. The molecule has 10 heteroatoms. The van der Waals surface area contributed by atoms with Gasteiger partial charge in [-0.2, -0.15) is 0 Å². The van der Waals surface area contributed by atoms with Gasteiger partial charge in [0.05, 0.1) is 23.0 Å². The van der Waals surface area contributed by atoms with Crippen molar-refractivity contribution in [2.24, 2.45) is 5.41 Å². The lowest BCUT2D eigenvalue weighted by Gasteiger charge is -2.38. The van der Waals surface area contributed by atoms with E-state index in [-0.39, 0.29) is 30.1 Å².